The molecule has 1 N–H and O–H groups in total. The van der Waals surface area contributed by atoms with Gasteiger partial charge in [0, 0.05) is 5.75 Å². The van der Waals surface area contributed by atoms with E-state index in [0.29, 0.717) is 0 Å². The summed E-state index contributed by atoms with van der Waals surface area (Å²) >= 11 is 1.79. The molecule has 0 bridgehead atoms. The van der Waals surface area contributed by atoms with E-state index in [4.69, 9.17) is 9.84 Å². The van der Waals surface area contributed by atoms with Gasteiger partial charge in [-0.2, -0.15) is 11.8 Å². The van der Waals surface area contributed by atoms with Crippen molar-refractivity contribution in [2.75, 3.05) is 18.1 Å². The number of aliphatic hydroxyl groups is 1. The Balaban J connectivity index is 2.91. The number of ether oxygens (including phenoxy) is 1. The Morgan fingerprint density at radius 1 is 1.11 bits per heavy atom. The lowest BCUT2D eigenvalue weighted by Crippen LogP contribution is -2.39. The minimum absolute atomic E-state index is 0.145. The number of aryl methyl sites for hydroxylation is 1. The third-order valence-corrected chi connectivity index (χ3v) is 6.22. The number of carbonyl (C=O) groups excluding carboxylic acids is 1. The molecule has 27 heavy (non-hydrogen) atoms. The lowest BCUT2D eigenvalue weighted by molar-refractivity contribution is -0.162. The fourth-order valence-electron chi connectivity index (χ4n) is 3.15. The zero-order valence-electron chi connectivity index (χ0n) is 18.2. The number of aliphatic hydroxyl groups excluding tert-OH is 1. The minimum atomic E-state index is -0.645. The van der Waals surface area contributed by atoms with Crippen LogP contribution >= 0.6 is 11.8 Å². The normalized spacial score (nSPS) is 14.7. The van der Waals surface area contributed by atoms with E-state index in [1.165, 1.54) is 0 Å². The van der Waals surface area contributed by atoms with Crippen LogP contribution in [0.3, 0.4) is 0 Å². The second-order valence-corrected chi connectivity index (χ2v) is 10.6. The van der Waals surface area contributed by atoms with Crippen molar-refractivity contribution >= 4 is 17.7 Å². The highest BCUT2D eigenvalue weighted by Gasteiger charge is 2.39. The van der Waals surface area contributed by atoms with Crippen molar-refractivity contribution in [3.05, 3.63) is 35.4 Å². The Morgan fingerprint density at radius 2 is 1.78 bits per heavy atom. The molecule has 0 fully saturated rings. The quantitative estimate of drug-likeness (QED) is 0.419. The molecule has 1 rings (SSSR count). The summed E-state index contributed by atoms with van der Waals surface area (Å²) in [5.74, 6) is 1.65. The Kier molecular flexibility index (Phi) is 8.88. The van der Waals surface area contributed by atoms with Gasteiger partial charge in [0.15, 0.2) is 0 Å². The molecule has 0 spiro atoms. The van der Waals surface area contributed by atoms with Crippen LogP contribution in [0.15, 0.2) is 24.3 Å². The summed E-state index contributed by atoms with van der Waals surface area (Å²) < 4.78 is 5.79. The number of carbonyl (C=O) groups is 1. The number of hydrogen-bond acceptors (Lipinski definition) is 4. The van der Waals surface area contributed by atoms with Gasteiger partial charge in [0.1, 0.15) is 5.60 Å². The van der Waals surface area contributed by atoms with Gasteiger partial charge in [-0.3, -0.25) is 4.79 Å². The Morgan fingerprint density at radius 3 is 2.33 bits per heavy atom. The lowest BCUT2D eigenvalue weighted by Gasteiger charge is -2.33. The number of rotatable bonds is 10. The first kappa shape index (κ1) is 24.0. The van der Waals surface area contributed by atoms with Gasteiger partial charge in [0.2, 0.25) is 0 Å². The maximum absolute atomic E-state index is 13.1. The van der Waals surface area contributed by atoms with Gasteiger partial charge >= 0.3 is 5.97 Å². The van der Waals surface area contributed by atoms with E-state index < -0.39 is 11.0 Å². The maximum Gasteiger partial charge on any atom is 0.316 e. The van der Waals surface area contributed by atoms with Gasteiger partial charge in [-0.1, -0.05) is 50.1 Å². The van der Waals surface area contributed by atoms with Crippen molar-refractivity contribution < 1.29 is 14.6 Å². The van der Waals surface area contributed by atoms with Crippen LogP contribution in [0.2, 0.25) is 0 Å². The van der Waals surface area contributed by atoms with Crippen molar-refractivity contribution in [3.63, 3.8) is 0 Å². The molecule has 0 aliphatic carbocycles. The first-order valence-corrected chi connectivity index (χ1v) is 11.0. The van der Waals surface area contributed by atoms with Crippen LogP contribution < -0.4 is 0 Å². The average molecular weight is 395 g/mol. The first-order chi connectivity index (χ1) is 12.4. The van der Waals surface area contributed by atoms with Crippen molar-refractivity contribution in [3.8, 4) is 0 Å². The van der Waals surface area contributed by atoms with E-state index in [0.717, 1.165) is 41.9 Å². The summed E-state index contributed by atoms with van der Waals surface area (Å²) in [6.07, 6.45) is 2.76. The van der Waals surface area contributed by atoms with Crippen LogP contribution in [0, 0.1) is 12.3 Å². The van der Waals surface area contributed by atoms with Crippen LogP contribution in [0.5, 0.6) is 0 Å². The molecule has 0 heterocycles. The maximum atomic E-state index is 13.1. The molecule has 0 aliphatic rings. The van der Waals surface area contributed by atoms with Crippen molar-refractivity contribution in [2.24, 2.45) is 5.41 Å². The second-order valence-electron chi connectivity index (χ2n) is 9.50. The standard InChI is InChI=1S/C23H38O3S/c1-18-10-8-11-19(16-18)23(7,20(25)26-21(2,3)4)13-9-12-22(5,6)17-27-15-14-24/h8,10-11,16,24H,9,12-15,17H2,1-7H3. The molecule has 3 nitrogen and oxygen atoms in total. The molecule has 0 saturated heterocycles. The van der Waals surface area contributed by atoms with E-state index in [2.05, 4.69) is 32.9 Å². The topological polar surface area (TPSA) is 46.5 Å². The number of hydrogen-bond donors (Lipinski definition) is 1. The molecular weight excluding hydrogens is 356 g/mol. The summed E-state index contributed by atoms with van der Waals surface area (Å²) in [6, 6.07) is 8.22. The van der Waals surface area contributed by atoms with Crippen LogP contribution in [0.25, 0.3) is 0 Å². The van der Waals surface area contributed by atoms with Gasteiger partial charge in [-0.25, -0.2) is 0 Å². The molecule has 154 valence electrons. The predicted octanol–water partition coefficient (Wildman–Crippen LogP) is 5.52. The molecule has 0 radical (unpaired) electrons. The van der Waals surface area contributed by atoms with E-state index >= 15 is 0 Å². The Bertz CT molecular complexity index is 604. The Labute approximate surface area is 170 Å². The fraction of sp³-hybridized carbons (Fsp3) is 0.696. The number of esters is 1. The molecular formula is C23H38O3S. The smallest absolute Gasteiger partial charge is 0.316 e. The third-order valence-electron chi connectivity index (χ3n) is 4.76. The molecule has 0 amide bonds. The van der Waals surface area contributed by atoms with Crippen LogP contribution in [-0.2, 0) is 14.9 Å². The highest BCUT2D eigenvalue weighted by molar-refractivity contribution is 7.99. The van der Waals surface area contributed by atoms with E-state index in [1.807, 2.05) is 39.8 Å². The summed E-state index contributed by atoms with van der Waals surface area (Å²) in [5, 5.41) is 8.98. The molecule has 1 atom stereocenters. The number of thioether (sulfide) groups is 1. The lowest BCUT2D eigenvalue weighted by atomic mass is 9.76. The molecule has 0 aliphatic heterocycles. The highest BCUT2D eigenvalue weighted by atomic mass is 32.2. The van der Waals surface area contributed by atoms with Gasteiger partial charge in [0.25, 0.3) is 0 Å². The molecule has 0 saturated carbocycles. The van der Waals surface area contributed by atoms with Crippen LogP contribution in [0.4, 0.5) is 0 Å². The second kappa shape index (κ2) is 9.97. The fourth-order valence-corrected chi connectivity index (χ4v) is 4.12. The predicted molar refractivity (Wildman–Crippen MR) is 116 cm³/mol. The largest absolute Gasteiger partial charge is 0.459 e. The van der Waals surface area contributed by atoms with E-state index in [1.54, 1.807) is 11.8 Å². The summed E-state index contributed by atoms with van der Waals surface area (Å²) in [7, 11) is 0. The molecule has 1 aromatic rings. The van der Waals surface area contributed by atoms with Gasteiger partial charge in [-0.15, -0.1) is 0 Å². The van der Waals surface area contributed by atoms with E-state index in [9.17, 15) is 4.79 Å². The highest BCUT2D eigenvalue weighted by Crippen LogP contribution is 2.36. The molecule has 4 heteroatoms. The zero-order chi connectivity index (χ0) is 20.7. The van der Waals surface area contributed by atoms with Crippen LogP contribution in [-0.4, -0.2) is 34.8 Å². The van der Waals surface area contributed by atoms with Crippen molar-refractivity contribution in [1.82, 2.24) is 0 Å². The first-order valence-electron chi connectivity index (χ1n) is 9.89. The average Bonchev–Trinajstić information content (AvgIpc) is 2.53. The number of benzene rings is 1. The zero-order valence-corrected chi connectivity index (χ0v) is 19.0. The monoisotopic (exact) mass is 394 g/mol. The Hall–Kier alpha value is -1.00. The summed E-state index contributed by atoms with van der Waals surface area (Å²) in [4.78, 5) is 13.1. The summed E-state index contributed by atoms with van der Waals surface area (Å²) in [5.41, 5.74) is 1.23. The van der Waals surface area contributed by atoms with Gasteiger partial charge < -0.3 is 9.84 Å². The van der Waals surface area contributed by atoms with E-state index in [-0.39, 0.29) is 18.0 Å². The SMILES string of the molecule is Cc1cccc(C(C)(CCCC(C)(C)CSCCO)C(=O)OC(C)(C)C)c1. The van der Waals surface area contributed by atoms with Gasteiger partial charge in [-0.05, 0) is 64.2 Å². The molecule has 1 unspecified atom stereocenters. The molecule has 1 aromatic carbocycles. The van der Waals surface area contributed by atoms with Gasteiger partial charge in [0.05, 0.1) is 12.0 Å². The third kappa shape index (κ3) is 8.27. The van der Waals surface area contributed by atoms with Crippen molar-refractivity contribution in [2.45, 2.75) is 78.7 Å². The van der Waals surface area contributed by atoms with Crippen LogP contribution in [0.1, 0.15) is 71.9 Å². The van der Waals surface area contributed by atoms with Crippen molar-refractivity contribution in [1.29, 1.82) is 0 Å². The molecule has 0 aromatic heterocycles. The summed E-state index contributed by atoms with van der Waals surface area (Å²) in [6.45, 7) is 14.6. The minimum Gasteiger partial charge on any atom is -0.459 e.